The first kappa shape index (κ1) is 53.3. The van der Waals surface area contributed by atoms with Crippen molar-refractivity contribution in [2.75, 3.05) is 44.4 Å². The molecule has 2 amide bonds. The lowest BCUT2D eigenvalue weighted by atomic mass is 9.88. The second kappa shape index (κ2) is 22.1. The lowest BCUT2D eigenvalue weighted by Crippen LogP contribution is -2.50. The van der Waals surface area contributed by atoms with Crippen molar-refractivity contribution >= 4 is 39.4 Å². The fraction of sp³-hybridized carbons (Fsp3) is 0.426. The van der Waals surface area contributed by atoms with Crippen LogP contribution < -0.4 is 25.0 Å². The second-order valence-electron chi connectivity index (χ2n) is 23.0. The zero-order valence-corrected chi connectivity index (χ0v) is 46.3. The molecule has 21 heteroatoms. The monoisotopic (exact) mass is 1110 g/mol. The van der Waals surface area contributed by atoms with Crippen LogP contribution in [-0.2, 0) is 20.9 Å². The number of nitrogens with zero attached hydrogens (tertiary/aromatic N) is 10. The van der Waals surface area contributed by atoms with Gasteiger partial charge in [0, 0.05) is 95.9 Å². The lowest BCUT2D eigenvalue weighted by Gasteiger charge is -2.31. The fourth-order valence-electron chi connectivity index (χ4n) is 12.6. The van der Waals surface area contributed by atoms with Gasteiger partial charge in [0.15, 0.2) is 5.75 Å². The normalized spacial score (nSPS) is 20.8. The molecule has 4 aromatic carbocycles. The number of aromatic amines is 1. The number of carbonyl (C=O) groups excluding carboxylic acids is 2. The van der Waals surface area contributed by atoms with Crippen LogP contribution in [0.3, 0.4) is 0 Å². The van der Waals surface area contributed by atoms with Crippen molar-refractivity contribution in [3.05, 3.63) is 119 Å². The number of benzene rings is 4. The van der Waals surface area contributed by atoms with Gasteiger partial charge in [0.2, 0.25) is 11.8 Å². The number of aryl methyl sites for hydroxylation is 1. The number of rotatable bonds is 17. The molecule has 6 atom stereocenters. The Hall–Kier alpha value is -7.98. The van der Waals surface area contributed by atoms with Crippen LogP contribution in [0.2, 0.25) is 0 Å². The number of β-amino-alcohol motifs (C(OH)–C–C–N with tert-alkyl or cyclic N) is 1. The molecule has 2 bridgehead atoms. The molecule has 0 unspecified atom stereocenters. The molecule has 4 saturated heterocycles. The summed E-state index contributed by atoms with van der Waals surface area (Å²) in [6.45, 7) is 10.1. The van der Waals surface area contributed by atoms with Crippen molar-refractivity contribution in [2.45, 2.75) is 121 Å². The average molecular weight is 1110 g/mol. The summed E-state index contributed by atoms with van der Waals surface area (Å²) in [5, 5.41) is 46.0. The van der Waals surface area contributed by atoms with E-state index >= 15 is 4.39 Å². The van der Waals surface area contributed by atoms with Gasteiger partial charge in [-0.2, -0.15) is 15.1 Å². The van der Waals surface area contributed by atoms with E-state index in [1.807, 2.05) is 76.2 Å². The number of piperazine rings is 1. The molecule has 4 aromatic heterocycles. The highest BCUT2D eigenvalue weighted by Gasteiger charge is 2.44. The molecule has 0 spiro atoms. The van der Waals surface area contributed by atoms with Crippen LogP contribution in [-0.4, -0.2) is 142 Å². The summed E-state index contributed by atoms with van der Waals surface area (Å²) >= 11 is 0. The maximum Gasteiger partial charge on any atom is 0.319 e. The van der Waals surface area contributed by atoms with E-state index < -0.39 is 30.1 Å². The molecule has 5 aliphatic rings. The Morgan fingerprint density at radius 1 is 0.939 bits per heavy atom. The second-order valence-corrected chi connectivity index (χ2v) is 23.0. The first-order valence-corrected chi connectivity index (χ1v) is 28.5. The molecule has 1 saturated carbocycles. The van der Waals surface area contributed by atoms with Gasteiger partial charge in [-0.25, -0.2) is 19.0 Å². The molecule has 5 N–H and O–H groups in total. The Balaban J connectivity index is 0.781. The zero-order chi connectivity index (χ0) is 56.3. The van der Waals surface area contributed by atoms with Crippen LogP contribution in [0.4, 0.5) is 10.2 Å². The number of aromatic nitrogens is 9. The van der Waals surface area contributed by atoms with Crippen LogP contribution in [0.25, 0.3) is 55.3 Å². The smallest absolute Gasteiger partial charge is 0.319 e. The van der Waals surface area contributed by atoms with Gasteiger partial charge in [-0.1, -0.05) is 67.6 Å². The van der Waals surface area contributed by atoms with Crippen LogP contribution in [0.5, 0.6) is 11.8 Å². The standard InChI is InChI=1S/C61H66FN13O7/c1-32(2)56(60(79)74-27-42(77)20-52(74)59(78)67-51(29-76)39-13-11-37(12-14-39)46-24-63-31-65-34(46)4)75-28-50(71-72-75)38-7-5-35(6-8-38)30-81-57-54(53-33(3)48(62)22-49-47(53)25-66-70-49)44(36-9-10-36)21-45-55(57)68-61(82-43-15-17-80-18-16-43)69-58(45)73-26-40-19-41(73)23-64-40/h5-8,11-14,21-22,24-25,28,31-32,36,40-43,51-52,56,64,76-77H,9-10,15-20,23,26-27,29-30H2,1-4H3,(H,66,70)(H,67,78)/t40-,41-,42+,51-,52-,56-/m0/s1. The van der Waals surface area contributed by atoms with Crippen molar-refractivity contribution in [2.24, 2.45) is 5.92 Å². The first-order valence-electron chi connectivity index (χ1n) is 28.5. The third-order valence-corrected chi connectivity index (χ3v) is 17.1. The van der Waals surface area contributed by atoms with Crippen molar-refractivity contribution in [1.29, 1.82) is 0 Å². The molecule has 82 heavy (non-hydrogen) atoms. The molecular weight excluding hydrogens is 1050 g/mol. The molecular formula is C61H66FN13O7. The summed E-state index contributed by atoms with van der Waals surface area (Å²) in [6.07, 6.45) is 10.1. The van der Waals surface area contributed by atoms with Crippen molar-refractivity contribution in [3.63, 3.8) is 0 Å². The predicted octanol–water partition coefficient (Wildman–Crippen LogP) is 7.22. The molecule has 8 heterocycles. The number of fused-ring (bicyclic) bond motifs is 4. The molecule has 13 rings (SSSR count). The van der Waals surface area contributed by atoms with Gasteiger partial charge in [-0.15, -0.1) is 5.10 Å². The fourth-order valence-corrected chi connectivity index (χ4v) is 12.6. The minimum atomic E-state index is -0.992. The first-order chi connectivity index (χ1) is 39.9. The summed E-state index contributed by atoms with van der Waals surface area (Å²) in [4.78, 5) is 51.4. The molecule has 1 aliphatic carbocycles. The van der Waals surface area contributed by atoms with E-state index in [-0.39, 0.29) is 67.9 Å². The van der Waals surface area contributed by atoms with Gasteiger partial charge in [0.1, 0.15) is 54.0 Å². The molecule has 424 valence electrons. The zero-order valence-electron chi connectivity index (χ0n) is 46.3. The van der Waals surface area contributed by atoms with Crippen LogP contribution in [0, 0.1) is 25.6 Å². The highest BCUT2D eigenvalue weighted by molar-refractivity contribution is 6.06. The average Bonchev–Trinajstić information content (AvgIpc) is 4.17. The van der Waals surface area contributed by atoms with Gasteiger partial charge in [0.25, 0.3) is 0 Å². The third-order valence-electron chi connectivity index (χ3n) is 17.1. The Kier molecular flexibility index (Phi) is 14.4. The van der Waals surface area contributed by atoms with E-state index in [4.69, 9.17) is 24.2 Å². The number of amides is 2. The number of carbonyl (C=O) groups is 2. The van der Waals surface area contributed by atoms with E-state index in [1.165, 1.54) is 22.0 Å². The Morgan fingerprint density at radius 3 is 2.45 bits per heavy atom. The van der Waals surface area contributed by atoms with Crippen LogP contribution in [0.15, 0.2) is 85.6 Å². The minimum absolute atomic E-state index is 0.0335. The number of aliphatic hydroxyl groups is 2. The van der Waals surface area contributed by atoms with E-state index in [2.05, 4.69) is 52.1 Å². The van der Waals surface area contributed by atoms with Gasteiger partial charge >= 0.3 is 6.01 Å². The van der Waals surface area contributed by atoms with E-state index in [0.717, 1.165) is 101 Å². The summed E-state index contributed by atoms with van der Waals surface area (Å²) in [6, 6.07) is 17.2. The summed E-state index contributed by atoms with van der Waals surface area (Å²) in [5.74, 6) is 0.0476. The Morgan fingerprint density at radius 2 is 1.73 bits per heavy atom. The van der Waals surface area contributed by atoms with Crippen LogP contribution in [0.1, 0.15) is 98.3 Å². The molecule has 5 fully saturated rings. The minimum Gasteiger partial charge on any atom is -0.486 e. The van der Waals surface area contributed by atoms with Gasteiger partial charge in [-0.05, 0) is 84.9 Å². The van der Waals surface area contributed by atoms with E-state index in [1.54, 1.807) is 18.6 Å². The van der Waals surface area contributed by atoms with Gasteiger partial charge in [-0.3, -0.25) is 14.7 Å². The highest BCUT2D eigenvalue weighted by Crippen LogP contribution is 2.53. The summed E-state index contributed by atoms with van der Waals surface area (Å²) in [7, 11) is 0. The number of aliphatic hydroxyl groups excluding tert-OH is 2. The van der Waals surface area contributed by atoms with Gasteiger partial charge < -0.3 is 44.9 Å². The predicted molar refractivity (Wildman–Crippen MR) is 303 cm³/mol. The highest BCUT2D eigenvalue weighted by atomic mass is 19.1. The quantitative estimate of drug-likeness (QED) is 0.0604. The van der Waals surface area contributed by atoms with Crippen molar-refractivity contribution in [1.82, 2.24) is 60.7 Å². The van der Waals surface area contributed by atoms with E-state index in [9.17, 15) is 19.8 Å². The molecule has 4 aliphatic heterocycles. The maximum atomic E-state index is 16.2. The molecule has 20 nitrogen and oxygen atoms in total. The number of halogens is 1. The SMILES string of the molecule is Cc1ncncc1-c1ccc([C@H](CO)NC(=O)[C@@H]2C[C@@H](O)CN2C(=O)[C@H](C(C)C)n2cc(-c3ccc(COc4c(-c5c(C)c(F)cc6[nH]ncc56)c(C5CC5)cc5c(N6C[C@@H]7C[C@H]6CN7)nc(OC6CCOCC6)nc45)cc3)nn2)cc1. The number of ether oxygens (including phenoxy) is 3. The number of nitrogens with one attached hydrogen (secondary N) is 3. The number of anilines is 1. The summed E-state index contributed by atoms with van der Waals surface area (Å²) in [5.41, 5.74) is 9.58. The maximum absolute atomic E-state index is 16.2. The number of likely N-dealkylation sites (tertiary alicyclic amines) is 1. The Bertz CT molecular complexity index is 3700. The van der Waals surface area contributed by atoms with Crippen molar-refractivity contribution in [3.8, 4) is 45.3 Å². The lowest BCUT2D eigenvalue weighted by molar-refractivity contribution is -0.142. The Labute approximate surface area is 472 Å². The number of hydrogen-bond donors (Lipinski definition) is 5. The van der Waals surface area contributed by atoms with Crippen LogP contribution >= 0.6 is 0 Å². The topological polar surface area (TPSA) is 244 Å². The number of hydrogen-bond acceptors (Lipinski definition) is 16. The molecule has 8 aromatic rings. The van der Waals surface area contributed by atoms with Gasteiger partial charge in [0.05, 0.1) is 49.9 Å². The van der Waals surface area contributed by atoms with E-state index in [0.29, 0.717) is 58.4 Å². The molecule has 0 radical (unpaired) electrons. The largest absolute Gasteiger partial charge is 0.486 e. The van der Waals surface area contributed by atoms with Crippen molar-refractivity contribution < 1.29 is 38.4 Å². The summed E-state index contributed by atoms with van der Waals surface area (Å²) < 4.78 is 37.2. The third kappa shape index (κ3) is 10.2. The number of H-pyrrole nitrogens is 1.